The monoisotopic (exact) mass is 314 g/mol. The van der Waals surface area contributed by atoms with Gasteiger partial charge in [0.05, 0.1) is 18.5 Å². The lowest BCUT2D eigenvalue weighted by Gasteiger charge is -2.15. The van der Waals surface area contributed by atoms with Gasteiger partial charge in [0.2, 0.25) is 0 Å². The molecule has 2 N–H and O–H groups in total. The molecule has 0 saturated carbocycles. The minimum absolute atomic E-state index is 0.0154. The van der Waals surface area contributed by atoms with Gasteiger partial charge in [-0.1, -0.05) is 19.9 Å². The number of urea groups is 1. The first-order valence-corrected chi connectivity index (χ1v) is 7.75. The zero-order chi connectivity index (χ0) is 16.6. The first kappa shape index (κ1) is 15.4. The van der Waals surface area contributed by atoms with Gasteiger partial charge in [0, 0.05) is 35.0 Å². The molecule has 0 radical (unpaired) electrons. The number of hydrogen-bond acceptors (Lipinski definition) is 3. The summed E-state index contributed by atoms with van der Waals surface area (Å²) < 4.78 is 7.49. The van der Waals surface area contributed by atoms with Crippen LogP contribution < -0.4 is 15.4 Å². The van der Waals surface area contributed by atoms with Crippen molar-refractivity contribution in [1.29, 1.82) is 0 Å². The Labute approximate surface area is 135 Å². The Morgan fingerprint density at radius 3 is 2.74 bits per heavy atom. The molecule has 23 heavy (non-hydrogen) atoms. The molecule has 0 aliphatic carbocycles. The van der Waals surface area contributed by atoms with Crippen molar-refractivity contribution in [2.75, 3.05) is 17.2 Å². The fraction of sp³-hybridized carbons (Fsp3) is 0.412. The van der Waals surface area contributed by atoms with Crippen molar-refractivity contribution in [2.45, 2.75) is 39.2 Å². The van der Waals surface area contributed by atoms with Gasteiger partial charge in [0.1, 0.15) is 5.75 Å². The van der Waals surface area contributed by atoms with Gasteiger partial charge in [-0.25, -0.2) is 4.79 Å². The van der Waals surface area contributed by atoms with Gasteiger partial charge in [-0.15, -0.1) is 0 Å². The Balaban J connectivity index is 1.66. The molecule has 2 heterocycles. The van der Waals surface area contributed by atoms with E-state index in [0.717, 1.165) is 5.75 Å². The van der Waals surface area contributed by atoms with E-state index in [2.05, 4.69) is 29.6 Å². The summed E-state index contributed by atoms with van der Waals surface area (Å²) in [5.41, 5.74) is 2.55. The van der Waals surface area contributed by atoms with Crippen molar-refractivity contribution in [1.82, 2.24) is 9.78 Å². The van der Waals surface area contributed by atoms with Crippen LogP contribution in [0.2, 0.25) is 0 Å². The van der Waals surface area contributed by atoms with Crippen molar-refractivity contribution in [3.8, 4) is 5.75 Å². The zero-order valence-corrected chi connectivity index (χ0v) is 13.9. The van der Waals surface area contributed by atoms with Gasteiger partial charge >= 0.3 is 6.03 Å². The third kappa shape index (κ3) is 3.16. The maximum Gasteiger partial charge on any atom is 0.323 e. The molecule has 6 heteroatoms. The SMILES string of the molecule is CC(C)n1cc(NC(=O)Nc2ccc3c(c2)OCC3(C)C)cn1. The van der Waals surface area contributed by atoms with Crippen LogP contribution in [0.4, 0.5) is 16.2 Å². The number of aromatic nitrogens is 2. The van der Waals surface area contributed by atoms with E-state index in [9.17, 15) is 4.79 Å². The lowest BCUT2D eigenvalue weighted by Crippen LogP contribution is -2.19. The van der Waals surface area contributed by atoms with Gasteiger partial charge in [-0.05, 0) is 19.9 Å². The average molecular weight is 314 g/mol. The molecule has 0 bridgehead atoms. The van der Waals surface area contributed by atoms with E-state index < -0.39 is 0 Å². The molecule has 1 aliphatic heterocycles. The van der Waals surface area contributed by atoms with E-state index in [1.807, 2.05) is 32.0 Å². The Morgan fingerprint density at radius 2 is 2.04 bits per heavy atom. The predicted octanol–water partition coefficient (Wildman–Crippen LogP) is 3.78. The summed E-state index contributed by atoms with van der Waals surface area (Å²) in [7, 11) is 0. The number of carbonyl (C=O) groups excluding carboxylic acids is 1. The molecule has 1 aromatic carbocycles. The number of ether oxygens (including phenoxy) is 1. The van der Waals surface area contributed by atoms with Crippen LogP contribution in [0.3, 0.4) is 0 Å². The van der Waals surface area contributed by atoms with Crippen LogP contribution in [0.1, 0.15) is 39.3 Å². The Kier molecular flexibility index (Phi) is 3.75. The first-order chi connectivity index (χ1) is 10.8. The quantitative estimate of drug-likeness (QED) is 0.906. The average Bonchev–Trinajstić information content (AvgIpc) is 3.04. The summed E-state index contributed by atoms with van der Waals surface area (Å²) in [5.74, 6) is 0.834. The second-order valence-electron chi connectivity index (χ2n) is 6.77. The molecule has 0 unspecified atom stereocenters. The van der Waals surface area contributed by atoms with E-state index in [1.165, 1.54) is 5.56 Å². The maximum atomic E-state index is 12.1. The smallest absolute Gasteiger partial charge is 0.323 e. The maximum absolute atomic E-state index is 12.1. The minimum atomic E-state index is -0.300. The Morgan fingerprint density at radius 1 is 1.30 bits per heavy atom. The number of anilines is 2. The van der Waals surface area contributed by atoms with E-state index in [4.69, 9.17) is 4.74 Å². The first-order valence-electron chi connectivity index (χ1n) is 7.75. The normalized spacial score (nSPS) is 15.2. The highest BCUT2D eigenvalue weighted by molar-refractivity contribution is 5.99. The van der Waals surface area contributed by atoms with Crippen molar-refractivity contribution >= 4 is 17.4 Å². The number of amides is 2. The van der Waals surface area contributed by atoms with Crippen LogP contribution in [-0.4, -0.2) is 22.4 Å². The molecule has 0 saturated heterocycles. The van der Waals surface area contributed by atoms with Crippen LogP contribution in [0.5, 0.6) is 5.75 Å². The molecular weight excluding hydrogens is 292 g/mol. The molecular formula is C17H22N4O2. The summed E-state index contributed by atoms with van der Waals surface area (Å²) in [5, 5.41) is 9.79. The fourth-order valence-electron chi connectivity index (χ4n) is 2.59. The van der Waals surface area contributed by atoms with Crippen molar-refractivity contribution < 1.29 is 9.53 Å². The molecule has 1 aromatic heterocycles. The molecule has 3 rings (SSSR count). The third-order valence-corrected chi connectivity index (χ3v) is 3.95. The highest BCUT2D eigenvalue weighted by Crippen LogP contribution is 2.39. The Bertz CT molecular complexity index is 734. The van der Waals surface area contributed by atoms with Gasteiger partial charge in [-0.3, -0.25) is 4.68 Å². The lowest BCUT2D eigenvalue weighted by atomic mass is 9.87. The van der Waals surface area contributed by atoms with Crippen molar-refractivity contribution in [3.63, 3.8) is 0 Å². The largest absolute Gasteiger partial charge is 0.492 e. The summed E-state index contributed by atoms with van der Waals surface area (Å²) in [4.78, 5) is 12.1. The van der Waals surface area contributed by atoms with Gasteiger partial charge in [0.25, 0.3) is 0 Å². The van der Waals surface area contributed by atoms with Gasteiger partial charge in [0.15, 0.2) is 0 Å². The number of nitrogens with zero attached hydrogens (tertiary/aromatic N) is 2. The van der Waals surface area contributed by atoms with Crippen LogP contribution in [-0.2, 0) is 5.41 Å². The highest BCUT2D eigenvalue weighted by atomic mass is 16.5. The number of benzene rings is 1. The Hall–Kier alpha value is -2.50. The summed E-state index contributed by atoms with van der Waals surface area (Å²) in [6, 6.07) is 5.72. The van der Waals surface area contributed by atoms with Crippen LogP contribution in [0, 0.1) is 0 Å². The topological polar surface area (TPSA) is 68.2 Å². The highest BCUT2D eigenvalue weighted by Gasteiger charge is 2.31. The number of carbonyl (C=O) groups is 1. The second-order valence-corrected chi connectivity index (χ2v) is 6.77. The zero-order valence-electron chi connectivity index (χ0n) is 13.9. The van der Waals surface area contributed by atoms with E-state index >= 15 is 0 Å². The van der Waals surface area contributed by atoms with E-state index in [-0.39, 0.29) is 17.5 Å². The number of fused-ring (bicyclic) bond motifs is 1. The van der Waals surface area contributed by atoms with Crippen molar-refractivity contribution in [2.24, 2.45) is 0 Å². The predicted molar refractivity (Wildman–Crippen MR) is 90.2 cm³/mol. The van der Waals surface area contributed by atoms with Crippen LogP contribution in [0.15, 0.2) is 30.6 Å². The third-order valence-electron chi connectivity index (χ3n) is 3.95. The second kappa shape index (κ2) is 5.61. The summed E-state index contributed by atoms with van der Waals surface area (Å²) >= 11 is 0. The molecule has 122 valence electrons. The minimum Gasteiger partial charge on any atom is -0.492 e. The van der Waals surface area contributed by atoms with E-state index in [0.29, 0.717) is 18.0 Å². The van der Waals surface area contributed by atoms with Crippen LogP contribution in [0.25, 0.3) is 0 Å². The molecule has 0 atom stereocenters. The van der Waals surface area contributed by atoms with Gasteiger partial charge in [-0.2, -0.15) is 5.10 Å². The van der Waals surface area contributed by atoms with E-state index in [1.54, 1.807) is 17.1 Å². The molecule has 0 spiro atoms. The number of hydrogen-bond donors (Lipinski definition) is 2. The number of nitrogens with one attached hydrogen (secondary N) is 2. The fourth-order valence-corrected chi connectivity index (χ4v) is 2.59. The molecule has 6 nitrogen and oxygen atoms in total. The molecule has 1 aliphatic rings. The molecule has 0 fully saturated rings. The molecule has 2 aromatic rings. The van der Waals surface area contributed by atoms with Gasteiger partial charge < -0.3 is 15.4 Å². The lowest BCUT2D eigenvalue weighted by molar-refractivity contribution is 0.262. The standard InChI is InChI=1S/C17H22N4O2/c1-11(2)21-9-13(8-18-21)20-16(22)19-12-5-6-14-15(7-12)23-10-17(14,3)4/h5-9,11H,10H2,1-4H3,(H2,19,20,22). The summed E-state index contributed by atoms with van der Waals surface area (Å²) in [6.07, 6.45) is 3.44. The van der Waals surface area contributed by atoms with Crippen molar-refractivity contribution in [3.05, 3.63) is 36.2 Å². The summed E-state index contributed by atoms with van der Waals surface area (Å²) in [6.45, 7) is 9.01. The van der Waals surface area contributed by atoms with Crippen LogP contribution >= 0.6 is 0 Å². The molecule has 2 amide bonds. The number of rotatable bonds is 3.